The molecule has 2 aromatic carbocycles. The van der Waals surface area contributed by atoms with Crippen molar-refractivity contribution in [3.8, 4) is 5.75 Å². The maximum Gasteiger partial charge on any atom is 0.796 e. The molecule has 0 radical (unpaired) electrons. The number of halogens is 2. The Morgan fingerprint density at radius 3 is 2.51 bits per heavy atom. The normalized spacial score (nSPS) is 15.4. The molecule has 0 aliphatic carbocycles. The Hall–Kier alpha value is -3.88. The van der Waals surface area contributed by atoms with Crippen LogP contribution in [0.1, 0.15) is 43.6 Å². The Labute approximate surface area is 215 Å². The molecule has 9 heteroatoms. The van der Waals surface area contributed by atoms with Crippen LogP contribution in [0.3, 0.4) is 0 Å². The largest absolute Gasteiger partial charge is 0.796 e. The first kappa shape index (κ1) is 26.2. The van der Waals surface area contributed by atoms with E-state index in [0.717, 1.165) is 22.6 Å². The highest BCUT2D eigenvalue weighted by Crippen LogP contribution is 2.46. The van der Waals surface area contributed by atoms with Gasteiger partial charge in [0.2, 0.25) is 0 Å². The fourth-order valence-electron chi connectivity index (χ4n) is 4.98. The molecule has 0 amide bonds. The van der Waals surface area contributed by atoms with Gasteiger partial charge in [0, 0.05) is 48.7 Å². The average molecular weight is 506 g/mol. The summed E-state index contributed by atoms with van der Waals surface area (Å²) < 4.78 is 36.8. The molecule has 4 rings (SSSR count). The van der Waals surface area contributed by atoms with Gasteiger partial charge >= 0.3 is 13.1 Å². The van der Waals surface area contributed by atoms with E-state index in [4.69, 9.17) is 9.07 Å². The number of rotatable bonds is 8. The summed E-state index contributed by atoms with van der Waals surface area (Å²) in [5.41, 5.74) is 2.07. The number of benzene rings is 2. The van der Waals surface area contributed by atoms with E-state index in [1.165, 1.54) is 18.2 Å². The third-order valence-electron chi connectivity index (χ3n) is 6.87. The molecule has 1 aliphatic rings. The summed E-state index contributed by atoms with van der Waals surface area (Å²) >= 11 is 0. The number of allylic oxidation sites excluding steroid dienone is 4. The fourth-order valence-corrected chi connectivity index (χ4v) is 4.98. The second kappa shape index (κ2) is 10.2. The molecular formula is C28H29BF2N2O4. The molecule has 0 unspecified atom stereocenters. The van der Waals surface area contributed by atoms with Gasteiger partial charge in [-0.15, -0.1) is 0 Å². The topological polar surface area (TPSA) is 63.0 Å². The minimum absolute atomic E-state index is 0.0693. The Morgan fingerprint density at radius 1 is 1.16 bits per heavy atom. The van der Waals surface area contributed by atoms with Gasteiger partial charge in [-0.1, -0.05) is 38.1 Å². The summed E-state index contributed by atoms with van der Waals surface area (Å²) in [6, 6.07) is 12.9. The number of hydrogen-bond donors (Lipinski definition) is 0. The van der Waals surface area contributed by atoms with Gasteiger partial charge < -0.3 is 18.9 Å². The molecule has 2 heterocycles. The van der Waals surface area contributed by atoms with Crippen molar-refractivity contribution in [1.29, 1.82) is 0 Å². The molecule has 192 valence electrons. The lowest BCUT2D eigenvalue weighted by molar-refractivity contribution is 0.104. The number of likely N-dealkylation sites (N-methyl/N-ethyl adjacent to an activating group) is 1. The van der Waals surface area contributed by atoms with Crippen LogP contribution in [-0.2, 0) is 5.41 Å². The van der Waals surface area contributed by atoms with Gasteiger partial charge in [0.15, 0.2) is 5.78 Å². The lowest BCUT2D eigenvalue weighted by Gasteiger charge is -2.23. The first-order chi connectivity index (χ1) is 17.6. The van der Waals surface area contributed by atoms with E-state index in [0.29, 0.717) is 13.1 Å². The summed E-state index contributed by atoms with van der Waals surface area (Å²) in [5, 5.41) is 0.123. The van der Waals surface area contributed by atoms with Gasteiger partial charge in [-0.25, -0.2) is 13.4 Å². The Morgan fingerprint density at radius 2 is 1.86 bits per heavy atom. The van der Waals surface area contributed by atoms with Crippen molar-refractivity contribution in [2.24, 2.45) is 0 Å². The first-order valence-corrected chi connectivity index (χ1v) is 12.2. The van der Waals surface area contributed by atoms with Crippen LogP contribution in [0.25, 0.3) is 11.0 Å². The molecule has 0 N–H and O–H groups in total. The zero-order chi connectivity index (χ0) is 26.9. The number of para-hydroxylation sites is 1. The minimum Gasteiger partial charge on any atom is -0.504 e. The van der Waals surface area contributed by atoms with Crippen molar-refractivity contribution in [1.82, 2.24) is 0 Å². The molecule has 0 fully saturated rings. The van der Waals surface area contributed by atoms with Crippen molar-refractivity contribution in [3.63, 3.8) is 0 Å². The zero-order valence-electron chi connectivity index (χ0n) is 21.5. The summed E-state index contributed by atoms with van der Waals surface area (Å²) in [4.78, 5) is 30.0. The van der Waals surface area contributed by atoms with Crippen molar-refractivity contribution in [2.75, 3.05) is 29.9 Å². The van der Waals surface area contributed by atoms with Crippen LogP contribution < -0.4 is 20.1 Å². The number of carbonyl (C=O) groups is 1. The lowest BCUT2D eigenvalue weighted by Crippen LogP contribution is -2.22. The predicted octanol–water partition coefficient (Wildman–Crippen LogP) is 5.99. The van der Waals surface area contributed by atoms with Gasteiger partial charge in [-0.2, -0.15) is 0 Å². The summed E-state index contributed by atoms with van der Waals surface area (Å²) in [6.07, 6.45) is 4.46. The molecule has 0 saturated carbocycles. The lowest BCUT2D eigenvalue weighted by atomic mass is 9.84. The molecule has 1 aromatic heterocycles. The smallest absolute Gasteiger partial charge is 0.504 e. The molecule has 3 aromatic rings. The van der Waals surface area contributed by atoms with Crippen LogP contribution in [0, 0.1) is 0 Å². The van der Waals surface area contributed by atoms with Crippen molar-refractivity contribution >= 4 is 35.6 Å². The van der Waals surface area contributed by atoms with Crippen LogP contribution in [0.15, 0.2) is 75.6 Å². The number of hydrogen-bond acceptors (Lipinski definition) is 6. The maximum atomic E-state index is 13.3. The molecular weight excluding hydrogens is 477 g/mol. The van der Waals surface area contributed by atoms with E-state index >= 15 is 0 Å². The van der Waals surface area contributed by atoms with Gasteiger partial charge in [0.1, 0.15) is 16.9 Å². The number of carbonyl (C=O) groups excluding carboxylic acids is 1. The molecule has 0 bridgehead atoms. The van der Waals surface area contributed by atoms with E-state index in [-0.39, 0.29) is 16.4 Å². The Kier molecular flexibility index (Phi) is 7.25. The number of ketones is 1. The number of fused-ring (bicyclic) bond motifs is 2. The summed E-state index contributed by atoms with van der Waals surface area (Å²) in [6.45, 7) is 9.52. The standard InChI is InChI=1S/C28H29BF2N2O4/c1-6-33(7-2)18-15-16-19-23(17-18)36-27(35)25(26(19)37-29(30)31)22(34)13-10-14-24-28(3,4)20-11-8-9-12-21(20)32(24)5/h8-17H,6-7H2,1-5H3/b13-10+,24-14+. The third-order valence-corrected chi connectivity index (χ3v) is 6.87. The van der Waals surface area contributed by atoms with Crippen LogP contribution in [0.2, 0.25) is 0 Å². The number of anilines is 2. The molecule has 0 saturated heterocycles. The van der Waals surface area contributed by atoms with E-state index < -0.39 is 30.2 Å². The van der Waals surface area contributed by atoms with Crippen molar-refractivity contribution < 1.29 is 22.5 Å². The number of nitrogens with zero attached hydrogens (tertiary/aromatic N) is 2. The van der Waals surface area contributed by atoms with Crippen molar-refractivity contribution in [3.05, 3.63) is 87.9 Å². The molecule has 37 heavy (non-hydrogen) atoms. The second-order valence-electron chi connectivity index (χ2n) is 9.30. The van der Waals surface area contributed by atoms with Crippen molar-refractivity contribution in [2.45, 2.75) is 33.1 Å². The maximum absolute atomic E-state index is 13.3. The SMILES string of the molecule is CCN(CC)c1ccc2c(OB(F)F)c(C(=O)/C=C/C=C3/N(C)c4ccccc4C3(C)C)c(=O)oc2c1. The fraction of sp³-hybridized carbons (Fsp3) is 0.286. The highest BCUT2D eigenvalue weighted by molar-refractivity contribution is 6.36. The highest BCUT2D eigenvalue weighted by atomic mass is 19.2. The van der Waals surface area contributed by atoms with Gasteiger partial charge in [0.05, 0.1) is 5.39 Å². The zero-order valence-corrected chi connectivity index (χ0v) is 21.5. The van der Waals surface area contributed by atoms with Gasteiger partial charge in [-0.05, 0) is 49.8 Å². The van der Waals surface area contributed by atoms with Crippen LogP contribution >= 0.6 is 0 Å². The van der Waals surface area contributed by atoms with Crippen LogP contribution in [0.5, 0.6) is 5.75 Å². The quantitative estimate of drug-likeness (QED) is 0.162. The van der Waals surface area contributed by atoms with E-state index in [1.807, 2.05) is 48.9 Å². The molecule has 6 nitrogen and oxygen atoms in total. The minimum atomic E-state index is -3.23. The van der Waals surface area contributed by atoms with E-state index in [2.05, 4.69) is 19.9 Å². The summed E-state index contributed by atoms with van der Waals surface area (Å²) in [5.74, 6) is -1.27. The highest BCUT2D eigenvalue weighted by Gasteiger charge is 2.37. The molecule has 0 atom stereocenters. The third kappa shape index (κ3) is 4.78. The van der Waals surface area contributed by atoms with Crippen LogP contribution in [0.4, 0.5) is 20.0 Å². The molecule has 0 spiro atoms. The average Bonchev–Trinajstić information content (AvgIpc) is 3.05. The van der Waals surface area contributed by atoms with E-state index in [1.54, 1.807) is 18.2 Å². The van der Waals surface area contributed by atoms with Gasteiger partial charge in [0.25, 0.3) is 0 Å². The second-order valence-corrected chi connectivity index (χ2v) is 9.30. The Balaban J connectivity index is 1.74. The summed E-state index contributed by atoms with van der Waals surface area (Å²) in [7, 11) is -1.29. The Bertz CT molecular complexity index is 1460. The molecule has 1 aliphatic heterocycles. The van der Waals surface area contributed by atoms with E-state index in [9.17, 15) is 18.2 Å². The van der Waals surface area contributed by atoms with Gasteiger partial charge in [-0.3, -0.25) is 4.79 Å². The van der Waals surface area contributed by atoms with Crippen LogP contribution in [-0.4, -0.2) is 33.4 Å². The first-order valence-electron chi connectivity index (χ1n) is 12.2. The predicted molar refractivity (Wildman–Crippen MR) is 144 cm³/mol. The monoisotopic (exact) mass is 506 g/mol.